The molecule has 0 unspecified atom stereocenters. The standard InChI is InChI=1S/C15H25N5O/c1-3-8-17-15(18-16)20-11-9-19(10-12-20)13-6-4-5-7-14(13)21-2/h4-7H,3,8-12,16H2,1-2H3,(H,17,18). The van der Waals surface area contributed by atoms with E-state index < -0.39 is 0 Å². The second kappa shape index (κ2) is 7.73. The summed E-state index contributed by atoms with van der Waals surface area (Å²) < 4.78 is 5.44. The van der Waals surface area contributed by atoms with Crippen LogP contribution in [0, 0.1) is 0 Å². The van der Waals surface area contributed by atoms with E-state index in [4.69, 9.17) is 10.6 Å². The average molecular weight is 291 g/mol. The van der Waals surface area contributed by atoms with Crippen LogP contribution in [0.4, 0.5) is 5.69 Å². The lowest BCUT2D eigenvalue weighted by molar-refractivity contribution is 0.367. The largest absolute Gasteiger partial charge is 0.495 e. The molecule has 6 heteroatoms. The number of anilines is 1. The van der Waals surface area contributed by atoms with Gasteiger partial charge in [-0.15, -0.1) is 0 Å². The van der Waals surface area contributed by atoms with Crippen LogP contribution in [0.1, 0.15) is 13.3 Å². The van der Waals surface area contributed by atoms with Gasteiger partial charge in [-0.05, 0) is 18.6 Å². The lowest BCUT2D eigenvalue weighted by atomic mass is 10.2. The van der Waals surface area contributed by atoms with Gasteiger partial charge < -0.3 is 14.5 Å². The lowest BCUT2D eigenvalue weighted by Crippen LogP contribution is -2.54. The molecular formula is C15H25N5O. The number of aliphatic imine (C=N–C) groups is 1. The van der Waals surface area contributed by atoms with Gasteiger partial charge in [0, 0.05) is 32.7 Å². The first-order valence-electron chi connectivity index (χ1n) is 7.44. The van der Waals surface area contributed by atoms with Crippen LogP contribution in [0.15, 0.2) is 29.3 Å². The number of ether oxygens (including phenoxy) is 1. The first-order valence-corrected chi connectivity index (χ1v) is 7.44. The van der Waals surface area contributed by atoms with Crippen molar-refractivity contribution in [3.8, 4) is 5.75 Å². The number of nitrogens with one attached hydrogen (secondary N) is 1. The number of methoxy groups -OCH3 is 1. The molecule has 0 saturated carbocycles. The smallest absolute Gasteiger partial charge is 0.208 e. The Hall–Kier alpha value is -1.95. The van der Waals surface area contributed by atoms with Gasteiger partial charge in [0.25, 0.3) is 0 Å². The summed E-state index contributed by atoms with van der Waals surface area (Å²) in [7, 11) is 1.71. The minimum Gasteiger partial charge on any atom is -0.495 e. The number of guanidine groups is 1. The number of hydrogen-bond donors (Lipinski definition) is 2. The number of piperazine rings is 1. The molecule has 116 valence electrons. The van der Waals surface area contributed by atoms with Crippen molar-refractivity contribution < 1.29 is 4.74 Å². The van der Waals surface area contributed by atoms with Crippen molar-refractivity contribution in [2.24, 2.45) is 10.8 Å². The molecule has 21 heavy (non-hydrogen) atoms. The summed E-state index contributed by atoms with van der Waals surface area (Å²) in [4.78, 5) is 9.01. The molecule has 2 rings (SSSR count). The summed E-state index contributed by atoms with van der Waals surface area (Å²) >= 11 is 0. The van der Waals surface area contributed by atoms with Crippen LogP contribution < -0.4 is 20.9 Å². The third-order valence-electron chi connectivity index (χ3n) is 3.62. The maximum atomic E-state index is 5.58. The first kappa shape index (κ1) is 15.4. The van der Waals surface area contributed by atoms with Gasteiger partial charge in [0.2, 0.25) is 5.96 Å². The number of nitrogens with two attached hydrogens (primary N) is 1. The third kappa shape index (κ3) is 3.78. The number of hydrazine groups is 1. The molecule has 1 saturated heterocycles. The van der Waals surface area contributed by atoms with Crippen LogP contribution in [0.25, 0.3) is 0 Å². The van der Waals surface area contributed by atoms with Gasteiger partial charge in [-0.2, -0.15) is 0 Å². The Morgan fingerprint density at radius 3 is 2.62 bits per heavy atom. The zero-order chi connectivity index (χ0) is 15.1. The highest BCUT2D eigenvalue weighted by Crippen LogP contribution is 2.28. The fourth-order valence-electron chi connectivity index (χ4n) is 2.50. The van der Waals surface area contributed by atoms with Crippen molar-refractivity contribution in [1.29, 1.82) is 0 Å². The highest BCUT2D eigenvalue weighted by Gasteiger charge is 2.21. The minimum absolute atomic E-state index is 0.788. The molecule has 0 aromatic heterocycles. The second-order valence-corrected chi connectivity index (χ2v) is 5.00. The first-order chi connectivity index (χ1) is 10.3. The molecule has 1 aliphatic rings. The van der Waals surface area contributed by atoms with Gasteiger partial charge in [-0.25, -0.2) is 5.84 Å². The fourth-order valence-corrected chi connectivity index (χ4v) is 2.50. The zero-order valence-electron chi connectivity index (χ0n) is 12.9. The van der Waals surface area contributed by atoms with Crippen LogP contribution >= 0.6 is 0 Å². The molecule has 0 radical (unpaired) electrons. The Morgan fingerprint density at radius 1 is 1.29 bits per heavy atom. The van der Waals surface area contributed by atoms with E-state index in [2.05, 4.69) is 33.2 Å². The molecule has 1 fully saturated rings. The van der Waals surface area contributed by atoms with Gasteiger partial charge in [-0.1, -0.05) is 19.1 Å². The van der Waals surface area contributed by atoms with Gasteiger partial charge >= 0.3 is 0 Å². The predicted octanol–water partition coefficient (Wildman–Crippen LogP) is 1.05. The van der Waals surface area contributed by atoms with Crippen LogP contribution in [-0.4, -0.2) is 50.7 Å². The Bertz CT molecular complexity index is 469. The third-order valence-corrected chi connectivity index (χ3v) is 3.62. The quantitative estimate of drug-likeness (QED) is 0.376. The molecule has 0 aliphatic carbocycles. The summed E-state index contributed by atoms with van der Waals surface area (Å²) in [5.74, 6) is 7.29. The number of para-hydroxylation sites is 2. The van der Waals surface area contributed by atoms with Crippen molar-refractivity contribution in [2.75, 3.05) is 44.7 Å². The summed E-state index contributed by atoms with van der Waals surface area (Å²) in [5.41, 5.74) is 3.86. The van der Waals surface area contributed by atoms with Crippen LogP contribution in [0.2, 0.25) is 0 Å². The van der Waals surface area contributed by atoms with Crippen molar-refractivity contribution in [2.45, 2.75) is 13.3 Å². The Balaban J connectivity index is 1.99. The Labute approximate surface area is 126 Å². The van der Waals surface area contributed by atoms with E-state index in [1.54, 1.807) is 7.11 Å². The SMILES string of the molecule is CCCN=C(NN)N1CCN(c2ccccc2OC)CC1. The minimum atomic E-state index is 0.788. The van der Waals surface area contributed by atoms with Gasteiger partial charge in [0.1, 0.15) is 5.75 Å². The summed E-state index contributed by atoms with van der Waals surface area (Å²) in [6.07, 6.45) is 1.02. The monoisotopic (exact) mass is 291 g/mol. The molecule has 1 heterocycles. The maximum Gasteiger partial charge on any atom is 0.208 e. The zero-order valence-corrected chi connectivity index (χ0v) is 12.9. The van der Waals surface area contributed by atoms with E-state index in [0.717, 1.165) is 56.5 Å². The van der Waals surface area contributed by atoms with Gasteiger partial charge in [0.05, 0.1) is 12.8 Å². The molecule has 1 aromatic rings. The normalized spacial score (nSPS) is 16.0. The molecular weight excluding hydrogens is 266 g/mol. The Kier molecular flexibility index (Phi) is 5.68. The van der Waals surface area contributed by atoms with E-state index in [1.165, 1.54) is 0 Å². The molecule has 1 aliphatic heterocycles. The molecule has 0 spiro atoms. The van der Waals surface area contributed by atoms with Crippen molar-refractivity contribution in [1.82, 2.24) is 10.3 Å². The molecule has 6 nitrogen and oxygen atoms in total. The molecule has 3 N–H and O–H groups in total. The fraction of sp³-hybridized carbons (Fsp3) is 0.533. The maximum absolute atomic E-state index is 5.58. The summed E-state index contributed by atoms with van der Waals surface area (Å²) in [5, 5.41) is 0. The predicted molar refractivity (Wildman–Crippen MR) is 86.7 cm³/mol. The van der Waals surface area contributed by atoms with Crippen LogP contribution in [0.5, 0.6) is 5.75 Å². The van der Waals surface area contributed by atoms with E-state index in [-0.39, 0.29) is 0 Å². The summed E-state index contributed by atoms with van der Waals surface area (Å²) in [6, 6.07) is 8.13. The summed E-state index contributed by atoms with van der Waals surface area (Å²) in [6.45, 7) is 6.54. The van der Waals surface area contributed by atoms with Crippen molar-refractivity contribution >= 4 is 11.6 Å². The topological polar surface area (TPSA) is 66.1 Å². The Morgan fingerprint density at radius 2 is 2.00 bits per heavy atom. The average Bonchev–Trinajstić information content (AvgIpc) is 2.56. The van der Waals surface area contributed by atoms with E-state index in [0.29, 0.717) is 0 Å². The highest BCUT2D eigenvalue weighted by molar-refractivity contribution is 5.79. The van der Waals surface area contributed by atoms with Crippen LogP contribution in [0.3, 0.4) is 0 Å². The number of hydrogen-bond acceptors (Lipinski definition) is 4. The van der Waals surface area contributed by atoms with Crippen LogP contribution in [-0.2, 0) is 0 Å². The molecule has 1 aromatic carbocycles. The highest BCUT2D eigenvalue weighted by atomic mass is 16.5. The van der Waals surface area contributed by atoms with Crippen molar-refractivity contribution in [3.05, 3.63) is 24.3 Å². The lowest BCUT2D eigenvalue weighted by Gasteiger charge is -2.37. The molecule has 0 amide bonds. The van der Waals surface area contributed by atoms with Gasteiger partial charge in [0.15, 0.2) is 0 Å². The number of rotatable bonds is 4. The second-order valence-electron chi connectivity index (χ2n) is 5.00. The number of benzene rings is 1. The van der Waals surface area contributed by atoms with E-state index >= 15 is 0 Å². The van der Waals surface area contributed by atoms with Crippen molar-refractivity contribution in [3.63, 3.8) is 0 Å². The molecule has 0 bridgehead atoms. The molecule has 0 atom stereocenters. The van der Waals surface area contributed by atoms with E-state index in [9.17, 15) is 0 Å². The number of nitrogens with zero attached hydrogens (tertiary/aromatic N) is 3. The van der Waals surface area contributed by atoms with E-state index in [1.807, 2.05) is 18.2 Å². The van der Waals surface area contributed by atoms with Gasteiger partial charge in [-0.3, -0.25) is 10.4 Å².